The number of hydrogen-bond acceptors (Lipinski definition) is 4. The highest BCUT2D eigenvalue weighted by Gasteiger charge is 2.39. The van der Waals surface area contributed by atoms with Gasteiger partial charge >= 0.3 is 0 Å². The van der Waals surface area contributed by atoms with Crippen LogP contribution in [0, 0.1) is 5.92 Å². The van der Waals surface area contributed by atoms with E-state index in [1.807, 2.05) is 4.90 Å². The van der Waals surface area contributed by atoms with Gasteiger partial charge in [-0.2, -0.15) is 5.10 Å². The zero-order chi connectivity index (χ0) is 11.7. The molecule has 1 aromatic heterocycles. The molecule has 0 saturated carbocycles. The van der Waals surface area contributed by atoms with Crippen LogP contribution in [0.5, 0.6) is 0 Å². The molecule has 3 rings (SSSR count). The summed E-state index contributed by atoms with van der Waals surface area (Å²) in [6.07, 6.45) is 4.81. The maximum atomic E-state index is 12.1. The molecule has 2 atom stereocenters. The Morgan fingerprint density at radius 3 is 3.24 bits per heavy atom. The lowest BCUT2D eigenvalue weighted by atomic mass is 10.1. The summed E-state index contributed by atoms with van der Waals surface area (Å²) in [5.41, 5.74) is 0. The summed E-state index contributed by atoms with van der Waals surface area (Å²) in [5.74, 6) is 0.919. The molecule has 2 aliphatic rings. The summed E-state index contributed by atoms with van der Waals surface area (Å²) in [6, 6.07) is 0.429. The second-order valence-corrected chi connectivity index (χ2v) is 4.77. The minimum atomic E-state index is 0.247. The first-order valence-corrected chi connectivity index (χ1v) is 6.17. The highest BCUT2D eigenvalue weighted by Crippen LogP contribution is 2.27. The average molecular weight is 235 g/mol. The van der Waals surface area contributed by atoms with Gasteiger partial charge in [-0.25, -0.2) is 4.98 Å². The van der Waals surface area contributed by atoms with Gasteiger partial charge in [0.05, 0.1) is 6.54 Å². The van der Waals surface area contributed by atoms with Gasteiger partial charge in [0.2, 0.25) is 5.91 Å². The van der Waals surface area contributed by atoms with E-state index in [0.29, 0.717) is 24.9 Å². The van der Waals surface area contributed by atoms with Gasteiger partial charge in [0.25, 0.3) is 0 Å². The second kappa shape index (κ2) is 4.44. The van der Waals surface area contributed by atoms with Crippen LogP contribution in [-0.4, -0.2) is 51.2 Å². The van der Waals surface area contributed by atoms with Crippen LogP contribution in [0.4, 0.5) is 0 Å². The number of nitrogens with zero attached hydrogens (tertiary/aromatic N) is 4. The quantitative estimate of drug-likeness (QED) is 0.766. The summed E-state index contributed by atoms with van der Waals surface area (Å²) < 4.78 is 1.71. The van der Waals surface area contributed by atoms with Crippen LogP contribution in [0.25, 0.3) is 0 Å². The number of fused-ring (bicyclic) bond motifs is 1. The molecule has 0 radical (unpaired) electrons. The normalized spacial score (nSPS) is 27.4. The van der Waals surface area contributed by atoms with Crippen molar-refractivity contribution in [3.05, 3.63) is 12.7 Å². The Morgan fingerprint density at radius 1 is 1.47 bits per heavy atom. The van der Waals surface area contributed by atoms with E-state index in [1.54, 1.807) is 11.0 Å². The van der Waals surface area contributed by atoms with E-state index >= 15 is 0 Å². The Kier molecular flexibility index (Phi) is 2.80. The molecule has 0 bridgehead atoms. The number of carbonyl (C=O) groups is 1. The van der Waals surface area contributed by atoms with Crippen molar-refractivity contribution < 1.29 is 4.79 Å². The SMILES string of the molecule is O=C(CCn1cncn1)N1CC[C@H]2CNC[C@H]21. The minimum Gasteiger partial charge on any atom is -0.338 e. The van der Waals surface area contributed by atoms with Crippen LogP contribution < -0.4 is 5.32 Å². The molecular formula is C11H17N5O. The minimum absolute atomic E-state index is 0.247. The molecule has 0 spiro atoms. The lowest BCUT2D eigenvalue weighted by Crippen LogP contribution is -2.39. The number of hydrogen-bond donors (Lipinski definition) is 1. The van der Waals surface area contributed by atoms with Crippen molar-refractivity contribution in [2.45, 2.75) is 25.4 Å². The van der Waals surface area contributed by atoms with Crippen LogP contribution in [0.3, 0.4) is 0 Å². The fraction of sp³-hybridized carbons (Fsp3) is 0.727. The Bertz CT molecular complexity index is 391. The van der Waals surface area contributed by atoms with Crippen molar-refractivity contribution >= 4 is 5.91 Å². The van der Waals surface area contributed by atoms with Gasteiger partial charge in [0.1, 0.15) is 12.7 Å². The molecule has 0 unspecified atom stereocenters. The van der Waals surface area contributed by atoms with Gasteiger partial charge in [0, 0.05) is 32.1 Å². The van der Waals surface area contributed by atoms with E-state index in [2.05, 4.69) is 15.4 Å². The van der Waals surface area contributed by atoms with Crippen molar-refractivity contribution in [1.29, 1.82) is 0 Å². The van der Waals surface area contributed by atoms with Crippen LogP contribution in [0.2, 0.25) is 0 Å². The molecule has 1 amide bonds. The van der Waals surface area contributed by atoms with E-state index in [4.69, 9.17) is 0 Å². The smallest absolute Gasteiger partial charge is 0.224 e. The molecule has 0 aliphatic carbocycles. The van der Waals surface area contributed by atoms with Gasteiger partial charge in [-0.05, 0) is 12.3 Å². The van der Waals surface area contributed by atoms with Crippen LogP contribution in [0.1, 0.15) is 12.8 Å². The predicted molar refractivity (Wildman–Crippen MR) is 61.1 cm³/mol. The summed E-state index contributed by atoms with van der Waals surface area (Å²) in [4.78, 5) is 18.0. The van der Waals surface area contributed by atoms with Crippen molar-refractivity contribution in [3.63, 3.8) is 0 Å². The number of aromatic nitrogens is 3. The number of amides is 1. The molecule has 1 N–H and O–H groups in total. The zero-order valence-corrected chi connectivity index (χ0v) is 9.75. The van der Waals surface area contributed by atoms with Crippen molar-refractivity contribution in [2.75, 3.05) is 19.6 Å². The summed E-state index contributed by atoms with van der Waals surface area (Å²) in [6.45, 7) is 3.57. The molecule has 1 aromatic rings. The van der Waals surface area contributed by atoms with Gasteiger partial charge in [-0.3, -0.25) is 9.48 Å². The lowest BCUT2D eigenvalue weighted by molar-refractivity contribution is -0.132. The van der Waals surface area contributed by atoms with E-state index in [9.17, 15) is 4.79 Å². The Labute approximate surface area is 100 Å². The van der Waals surface area contributed by atoms with Gasteiger partial charge in [0.15, 0.2) is 0 Å². The first-order chi connectivity index (χ1) is 8.34. The molecule has 6 nitrogen and oxygen atoms in total. The number of nitrogens with one attached hydrogen (secondary N) is 1. The number of rotatable bonds is 3. The third-order valence-electron chi connectivity index (χ3n) is 3.79. The molecule has 6 heteroatoms. The van der Waals surface area contributed by atoms with E-state index < -0.39 is 0 Å². The largest absolute Gasteiger partial charge is 0.338 e. The number of aryl methyl sites for hydroxylation is 1. The van der Waals surface area contributed by atoms with E-state index in [-0.39, 0.29) is 5.91 Å². The van der Waals surface area contributed by atoms with Gasteiger partial charge in [-0.1, -0.05) is 0 Å². The molecule has 2 fully saturated rings. The fourth-order valence-electron chi connectivity index (χ4n) is 2.86. The maximum Gasteiger partial charge on any atom is 0.224 e. The Balaban J connectivity index is 1.55. The highest BCUT2D eigenvalue weighted by atomic mass is 16.2. The van der Waals surface area contributed by atoms with E-state index in [0.717, 1.165) is 26.1 Å². The topological polar surface area (TPSA) is 63.1 Å². The summed E-state index contributed by atoms with van der Waals surface area (Å²) >= 11 is 0. The van der Waals surface area contributed by atoms with Crippen molar-refractivity contribution in [2.24, 2.45) is 5.92 Å². The first kappa shape index (κ1) is 10.7. The fourth-order valence-corrected chi connectivity index (χ4v) is 2.86. The predicted octanol–water partition coefficient (Wildman–Crippen LogP) is -0.511. The summed E-state index contributed by atoms with van der Waals surface area (Å²) in [7, 11) is 0. The Morgan fingerprint density at radius 2 is 2.41 bits per heavy atom. The molecular weight excluding hydrogens is 218 g/mol. The van der Waals surface area contributed by atoms with Crippen LogP contribution >= 0.6 is 0 Å². The highest BCUT2D eigenvalue weighted by molar-refractivity contribution is 5.77. The molecule has 3 heterocycles. The zero-order valence-electron chi connectivity index (χ0n) is 9.75. The maximum absolute atomic E-state index is 12.1. The second-order valence-electron chi connectivity index (χ2n) is 4.77. The van der Waals surface area contributed by atoms with Gasteiger partial charge < -0.3 is 10.2 Å². The Hall–Kier alpha value is -1.43. The summed E-state index contributed by atoms with van der Waals surface area (Å²) in [5, 5.41) is 7.36. The third kappa shape index (κ3) is 2.04. The molecule has 0 aromatic carbocycles. The van der Waals surface area contributed by atoms with Crippen LogP contribution in [-0.2, 0) is 11.3 Å². The standard InChI is InChI=1S/C11H17N5O/c17-11(2-3-15-8-13-7-14-15)16-4-1-9-5-12-6-10(9)16/h7-10,12H,1-6H2/t9-,10+/m0/s1. The molecule has 17 heavy (non-hydrogen) atoms. The van der Waals surface area contributed by atoms with Gasteiger partial charge in [-0.15, -0.1) is 0 Å². The third-order valence-corrected chi connectivity index (χ3v) is 3.79. The average Bonchev–Trinajstić information content (AvgIpc) is 3.02. The monoisotopic (exact) mass is 235 g/mol. The number of carbonyl (C=O) groups excluding carboxylic acids is 1. The molecule has 92 valence electrons. The number of likely N-dealkylation sites (tertiary alicyclic amines) is 1. The lowest BCUT2D eigenvalue weighted by Gasteiger charge is -2.23. The molecule has 2 saturated heterocycles. The molecule has 2 aliphatic heterocycles. The first-order valence-electron chi connectivity index (χ1n) is 6.17. The van der Waals surface area contributed by atoms with E-state index in [1.165, 1.54) is 6.33 Å². The van der Waals surface area contributed by atoms with Crippen molar-refractivity contribution in [3.8, 4) is 0 Å². The van der Waals surface area contributed by atoms with Crippen molar-refractivity contribution in [1.82, 2.24) is 25.0 Å². The van der Waals surface area contributed by atoms with Crippen LogP contribution in [0.15, 0.2) is 12.7 Å².